The van der Waals surface area contributed by atoms with Gasteiger partial charge >= 0.3 is 11.9 Å². The van der Waals surface area contributed by atoms with E-state index in [0.29, 0.717) is 16.3 Å². The van der Waals surface area contributed by atoms with Gasteiger partial charge in [-0.05, 0) is 50.1 Å². The number of anilines is 1. The Morgan fingerprint density at radius 3 is 2.32 bits per heavy atom. The van der Waals surface area contributed by atoms with E-state index in [1.165, 1.54) is 14.2 Å². The van der Waals surface area contributed by atoms with Gasteiger partial charge in [-0.25, -0.2) is 9.59 Å². The summed E-state index contributed by atoms with van der Waals surface area (Å²) in [7, 11) is 2.46. The number of benzene rings is 1. The molecule has 0 saturated heterocycles. The summed E-state index contributed by atoms with van der Waals surface area (Å²) in [5, 5.41) is 3.39. The molecule has 1 heterocycles. The van der Waals surface area contributed by atoms with Crippen LogP contribution >= 0.6 is 22.9 Å². The molecule has 2 rings (SSSR count). The predicted octanol–water partition coefficient (Wildman–Crippen LogP) is 4.00. The van der Waals surface area contributed by atoms with Crippen molar-refractivity contribution in [2.75, 3.05) is 19.5 Å². The molecule has 1 N–H and O–H groups in total. The molecule has 7 nitrogen and oxygen atoms in total. The molecule has 9 heteroatoms. The fourth-order valence-corrected chi connectivity index (χ4v) is 3.78. The van der Waals surface area contributed by atoms with Crippen LogP contribution in [0.1, 0.15) is 38.1 Å². The van der Waals surface area contributed by atoms with E-state index in [1.54, 1.807) is 32.0 Å². The van der Waals surface area contributed by atoms with E-state index in [9.17, 15) is 14.4 Å². The Labute approximate surface area is 171 Å². The molecule has 0 aliphatic rings. The van der Waals surface area contributed by atoms with Crippen LogP contribution in [0.4, 0.5) is 5.00 Å². The maximum Gasteiger partial charge on any atom is 0.348 e. The number of esters is 2. The smallest absolute Gasteiger partial charge is 0.348 e. The molecule has 0 fully saturated rings. The molecule has 1 atom stereocenters. The van der Waals surface area contributed by atoms with Gasteiger partial charge < -0.3 is 19.5 Å². The van der Waals surface area contributed by atoms with Crippen LogP contribution < -0.4 is 10.1 Å². The normalized spacial score (nSPS) is 11.5. The molecule has 2 aromatic rings. The standard InChI is InChI=1S/C19H20ClNO6S/c1-9-8-12(20)6-7-13(9)27-11(3)16(22)21-17-14(18(23)25-4)10(2)15(28-17)19(24)26-5/h6-8,11H,1-5H3,(H,21,22). The van der Waals surface area contributed by atoms with Crippen LogP contribution in [0.15, 0.2) is 18.2 Å². The highest BCUT2D eigenvalue weighted by molar-refractivity contribution is 7.18. The summed E-state index contributed by atoms with van der Waals surface area (Å²) in [6.07, 6.45) is -0.866. The molecule has 0 saturated carbocycles. The lowest BCUT2D eigenvalue weighted by molar-refractivity contribution is -0.122. The van der Waals surface area contributed by atoms with E-state index in [4.69, 9.17) is 25.8 Å². The lowest BCUT2D eigenvalue weighted by Gasteiger charge is -2.16. The molecular weight excluding hydrogens is 406 g/mol. The number of hydrogen-bond donors (Lipinski definition) is 1. The van der Waals surface area contributed by atoms with Gasteiger partial charge in [-0.3, -0.25) is 4.79 Å². The maximum absolute atomic E-state index is 12.6. The number of aryl methyl sites for hydroxylation is 1. The zero-order chi connectivity index (χ0) is 21.0. The fourth-order valence-electron chi connectivity index (χ4n) is 2.44. The minimum absolute atomic E-state index is 0.108. The summed E-state index contributed by atoms with van der Waals surface area (Å²) in [5.41, 5.74) is 1.26. The Morgan fingerprint density at radius 2 is 1.75 bits per heavy atom. The van der Waals surface area contributed by atoms with Gasteiger partial charge in [0.15, 0.2) is 6.10 Å². The highest BCUT2D eigenvalue weighted by atomic mass is 35.5. The van der Waals surface area contributed by atoms with Crippen molar-refractivity contribution in [2.45, 2.75) is 26.9 Å². The van der Waals surface area contributed by atoms with E-state index in [1.807, 2.05) is 6.92 Å². The van der Waals surface area contributed by atoms with Gasteiger partial charge in [-0.15, -0.1) is 11.3 Å². The zero-order valence-electron chi connectivity index (χ0n) is 16.0. The molecule has 0 spiro atoms. The number of carbonyl (C=O) groups excluding carboxylic acids is 3. The molecule has 0 aliphatic carbocycles. The molecule has 28 heavy (non-hydrogen) atoms. The minimum atomic E-state index is -0.866. The zero-order valence-corrected chi connectivity index (χ0v) is 17.6. The van der Waals surface area contributed by atoms with E-state index in [0.717, 1.165) is 16.9 Å². The summed E-state index contributed by atoms with van der Waals surface area (Å²) < 4.78 is 15.2. The monoisotopic (exact) mass is 425 g/mol. The van der Waals surface area contributed by atoms with Gasteiger partial charge in [0.25, 0.3) is 5.91 Å². The van der Waals surface area contributed by atoms with Crippen LogP contribution in [0.25, 0.3) is 0 Å². The molecule has 1 aromatic carbocycles. The third-order valence-corrected chi connectivity index (χ3v) is 5.38. The van der Waals surface area contributed by atoms with E-state index >= 15 is 0 Å². The Bertz CT molecular complexity index is 923. The van der Waals surface area contributed by atoms with Crippen molar-refractivity contribution in [1.29, 1.82) is 0 Å². The predicted molar refractivity (Wildman–Crippen MR) is 107 cm³/mol. The number of hydrogen-bond acceptors (Lipinski definition) is 7. The topological polar surface area (TPSA) is 90.9 Å². The SMILES string of the molecule is COC(=O)c1sc(NC(=O)C(C)Oc2ccc(Cl)cc2C)c(C(=O)OC)c1C. The second-order valence-electron chi connectivity index (χ2n) is 5.90. The first-order valence-corrected chi connectivity index (χ1v) is 9.42. The summed E-state index contributed by atoms with van der Waals surface area (Å²) in [6.45, 7) is 4.97. The quantitative estimate of drug-likeness (QED) is 0.703. The lowest BCUT2D eigenvalue weighted by atomic mass is 10.1. The van der Waals surface area contributed by atoms with Crippen LogP contribution in [0.2, 0.25) is 5.02 Å². The number of halogens is 1. The molecule has 1 unspecified atom stereocenters. The first kappa shape index (κ1) is 21.7. The largest absolute Gasteiger partial charge is 0.481 e. The molecule has 150 valence electrons. The lowest BCUT2D eigenvalue weighted by Crippen LogP contribution is -2.30. The van der Waals surface area contributed by atoms with Gasteiger partial charge in [-0.2, -0.15) is 0 Å². The van der Waals surface area contributed by atoms with E-state index < -0.39 is 23.9 Å². The second kappa shape index (κ2) is 9.07. The first-order chi connectivity index (χ1) is 13.2. The Balaban J connectivity index is 2.26. The highest BCUT2D eigenvalue weighted by Crippen LogP contribution is 2.34. The third-order valence-electron chi connectivity index (χ3n) is 3.95. The van der Waals surface area contributed by atoms with Gasteiger partial charge in [0.2, 0.25) is 0 Å². The number of amides is 1. The van der Waals surface area contributed by atoms with Crippen LogP contribution in [0, 0.1) is 13.8 Å². The summed E-state index contributed by atoms with van der Waals surface area (Å²) in [6, 6.07) is 5.06. The van der Waals surface area contributed by atoms with Crippen molar-refractivity contribution >= 4 is 45.8 Å². The second-order valence-corrected chi connectivity index (χ2v) is 7.36. The van der Waals surface area contributed by atoms with Crippen molar-refractivity contribution in [3.8, 4) is 5.75 Å². The summed E-state index contributed by atoms with van der Waals surface area (Å²) in [5.74, 6) is -1.24. The number of carbonyl (C=O) groups is 3. The van der Waals surface area contributed by atoms with Gasteiger partial charge in [0.1, 0.15) is 15.6 Å². The molecule has 1 aromatic heterocycles. The summed E-state index contributed by atoms with van der Waals surface area (Å²) in [4.78, 5) is 36.9. The number of ether oxygens (including phenoxy) is 3. The van der Waals surface area contributed by atoms with Gasteiger partial charge in [-0.1, -0.05) is 11.6 Å². The average Bonchev–Trinajstić information content (AvgIpc) is 2.98. The van der Waals surface area contributed by atoms with Crippen LogP contribution in [0.5, 0.6) is 5.75 Å². The molecule has 1 amide bonds. The molecule has 0 aliphatic heterocycles. The van der Waals surface area contributed by atoms with Crippen molar-refractivity contribution in [3.63, 3.8) is 0 Å². The van der Waals surface area contributed by atoms with Crippen molar-refractivity contribution in [3.05, 3.63) is 44.8 Å². The fraction of sp³-hybridized carbons (Fsp3) is 0.316. The van der Waals surface area contributed by atoms with Crippen LogP contribution in [-0.4, -0.2) is 38.2 Å². The molecular formula is C19H20ClNO6S. The molecule has 0 radical (unpaired) electrons. The first-order valence-electron chi connectivity index (χ1n) is 8.23. The minimum Gasteiger partial charge on any atom is -0.481 e. The summed E-state index contributed by atoms with van der Waals surface area (Å²) >= 11 is 6.86. The Hall–Kier alpha value is -2.58. The van der Waals surface area contributed by atoms with Crippen molar-refractivity contribution < 1.29 is 28.6 Å². The highest BCUT2D eigenvalue weighted by Gasteiger charge is 2.28. The average molecular weight is 426 g/mol. The maximum atomic E-state index is 12.6. The van der Waals surface area contributed by atoms with E-state index in [-0.39, 0.29) is 15.4 Å². The Kier molecular flexibility index (Phi) is 7.04. The number of nitrogens with one attached hydrogen (secondary N) is 1. The van der Waals surface area contributed by atoms with Crippen LogP contribution in [0.3, 0.4) is 0 Å². The van der Waals surface area contributed by atoms with E-state index in [2.05, 4.69) is 5.32 Å². The number of thiophene rings is 1. The number of rotatable bonds is 6. The van der Waals surface area contributed by atoms with Crippen LogP contribution in [-0.2, 0) is 14.3 Å². The van der Waals surface area contributed by atoms with Crippen molar-refractivity contribution in [1.82, 2.24) is 0 Å². The molecule has 0 bridgehead atoms. The third kappa shape index (κ3) is 4.63. The van der Waals surface area contributed by atoms with Gasteiger partial charge in [0, 0.05) is 5.02 Å². The Morgan fingerprint density at radius 1 is 1.11 bits per heavy atom. The van der Waals surface area contributed by atoms with Gasteiger partial charge in [0.05, 0.1) is 19.8 Å². The van der Waals surface area contributed by atoms with Crippen molar-refractivity contribution in [2.24, 2.45) is 0 Å². The number of methoxy groups -OCH3 is 2.